The lowest BCUT2D eigenvalue weighted by Crippen LogP contribution is -2.00. The summed E-state index contributed by atoms with van der Waals surface area (Å²) in [5, 5.41) is 18.2. The van der Waals surface area contributed by atoms with E-state index in [4.69, 9.17) is 9.15 Å². The van der Waals surface area contributed by atoms with Crippen LogP contribution in [0.5, 0.6) is 5.75 Å². The minimum Gasteiger partial charge on any atom is -0.489 e. The zero-order valence-corrected chi connectivity index (χ0v) is 15.4. The number of rotatable bonds is 6. The van der Waals surface area contributed by atoms with Gasteiger partial charge in [0, 0.05) is 6.92 Å². The van der Waals surface area contributed by atoms with Gasteiger partial charge < -0.3 is 14.3 Å². The van der Waals surface area contributed by atoms with Crippen molar-refractivity contribution >= 4 is 0 Å². The summed E-state index contributed by atoms with van der Waals surface area (Å²) in [6, 6.07) is 25.6. The lowest BCUT2D eigenvalue weighted by atomic mass is 10.0. The van der Waals surface area contributed by atoms with E-state index in [0.717, 1.165) is 22.4 Å². The third kappa shape index (κ3) is 4.10. The van der Waals surface area contributed by atoms with Gasteiger partial charge in [0.25, 0.3) is 0 Å². The third-order valence-corrected chi connectivity index (χ3v) is 4.39. The number of nitrogens with zero attached hydrogens (tertiary/aromatic N) is 2. The van der Waals surface area contributed by atoms with Crippen molar-refractivity contribution in [1.29, 1.82) is 0 Å². The first-order chi connectivity index (χ1) is 13.7. The topological polar surface area (TPSA) is 68.4 Å². The molecule has 1 N–H and O–H groups in total. The second-order valence-electron chi connectivity index (χ2n) is 6.49. The van der Waals surface area contributed by atoms with E-state index in [9.17, 15) is 5.11 Å². The first kappa shape index (κ1) is 17.9. The molecule has 28 heavy (non-hydrogen) atoms. The number of ether oxygens (including phenoxy) is 1. The van der Waals surface area contributed by atoms with Crippen LogP contribution in [0.25, 0.3) is 11.1 Å². The molecule has 4 rings (SSSR count). The molecule has 0 fully saturated rings. The molecular weight excluding hydrogens is 352 g/mol. The molecule has 1 aromatic heterocycles. The number of benzene rings is 3. The molecule has 0 saturated carbocycles. The Balaban J connectivity index is 1.54. The van der Waals surface area contributed by atoms with Gasteiger partial charge in [-0.05, 0) is 40.5 Å². The third-order valence-electron chi connectivity index (χ3n) is 4.39. The zero-order chi connectivity index (χ0) is 19.3. The SMILES string of the molecule is Cc1nnc([C@H](O)c2cccc(-c3cccc(OCc4ccccc4)c3)c2)o1. The maximum absolute atomic E-state index is 10.5. The number of aromatic nitrogens is 2. The van der Waals surface area contributed by atoms with Gasteiger partial charge in [-0.25, -0.2) is 0 Å². The Labute approximate surface area is 163 Å². The highest BCUT2D eigenvalue weighted by molar-refractivity contribution is 5.66. The Morgan fingerprint density at radius 1 is 0.893 bits per heavy atom. The van der Waals surface area contributed by atoms with Gasteiger partial charge in [0.1, 0.15) is 12.4 Å². The minimum absolute atomic E-state index is 0.189. The van der Waals surface area contributed by atoms with Crippen molar-refractivity contribution in [3.8, 4) is 16.9 Å². The van der Waals surface area contributed by atoms with Crippen molar-refractivity contribution in [2.75, 3.05) is 0 Å². The number of aryl methyl sites for hydroxylation is 1. The molecule has 0 bridgehead atoms. The van der Waals surface area contributed by atoms with Crippen LogP contribution in [0.4, 0.5) is 0 Å². The van der Waals surface area contributed by atoms with Crippen LogP contribution >= 0.6 is 0 Å². The van der Waals surface area contributed by atoms with Crippen LogP contribution in [0, 0.1) is 6.92 Å². The molecule has 0 radical (unpaired) electrons. The predicted molar refractivity (Wildman–Crippen MR) is 106 cm³/mol. The smallest absolute Gasteiger partial charge is 0.249 e. The monoisotopic (exact) mass is 372 g/mol. The first-order valence-electron chi connectivity index (χ1n) is 9.04. The van der Waals surface area contributed by atoms with Crippen molar-refractivity contribution in [3.63, 3.8) is 0 Å². The molecule has 4 aromatic rings. The van der Waals surface area contributed by atoms with Crippen LogP contribution in [0.1, 0.15) is 29.0 Å². The van der Waals surface area contributed by atoms with Crippen LogP contribution in [0.2, 0.25) is 0 Å². The molecule has 5 nitrogen and oxygen atoms in total. The largest absolute Gasteiger partial charge is 0.489 e. The second kappa shape index (κ2) is 8.06. The Bertz CT molecular complexity index is 1060. The quantitative estimate of drug-likeness (QED) is 0.531. The molecule has 0 spiro atoms. The maximum Gasteiger partial charge on any atom is 0.249 e. The van der Waals surface area contributed by atoms with Crippen LogP contribution in [0.3, 0.4) is 0 Å². The fourth-order valence-electron chi connectivity index (χ4n) is 2.96. The number of aliphatic hydroxyl groups is 1. The molecule has 140 valence electrons. The molecule has 1 heterocycles. The van der Waals surface area contributed by atoms with Crippen molar-refractivity contribution in [1.82, 2.24) is 10.2 Å². The van der Waals surface area contributed by atoms with E-state index in [-0.39, 0.29) is 5.89 Å². The maximum atomic E-state index is 10.5. The van der Waals surface area contributed by atoms with E-state index in [1.54, 1.807) is 6.92 Å². The summed E-state index contributed by atoms with van der Waals surface area (Å²) in [4.78, 5) is 0. The molecule has 0 aliphatic rings. The fourth-order valence-corrected chi connectivity index (χ4v) is 2.96. The van der Waals surface area contributed by atoms with Crippen LogP contribution in [-0.4, -0.2) is 15.3 Å². The second-order valence-corrected chi connectivity index (χ2v) is 6.49. The van der Waals surface area contributed by atoms with Crippen molar-refractivity contribution < 1.29 is 14.3 Å². The van der Waals surface area contributed by atoms with Gasteiger partial charge >= 0.3 is 0 Å². The average molecular weight is 372 g/mol. The molecule has 5 heteroatoms. The van der Waals surface area contributed by atoms with Gasteiger partial charge in [0.05, 0.1) is 0 Å². The highest BCUT2D eigenvalue weighted by atomic mass is 16.5. The highest BCUT2D eigenvalue weighted by Crippen LogP contribution is 2.28. The molecule has 0 aliphatic carbocycles. The van der Waals surface area contributed by atoms with E-state index >= 15 is 0 Å². The van der Waals surface area contributed by atoms with Crippen LogP contribution < -0.4 is 4.74 Å². The summed E-state index contributed by atoms with van der Waals surface area (Å²) in [7, 11) is 0. The van der Waals surface area contributed by atoms with E-state index in [0.29, 0.717) is 18.1 Å². The molecule has 0 saturated heterocycles. The van der Waals surface area contributed by atoms with E-state index in [1.807, 2.05) is 78.9 Å². The summed E-state index contributed by atoms with van der Waals surface area (Å²) in [5.41, 5.74) is 3.78. The summed E-state index contributed by atoms with van der Waals surface area (Å²) in [6.45, 7) is 2.21. The Hall–Kier alpha value is -3.44. The predicted octanol–water partition coefficient (Wildman–Crippen LogP) is 4.71. The molecule has 3 aromatic carbocycles. The van der Waals surface area contributed by atoms with Gasteiger partial charge in [-0.1, -0.05) is 60.7 Å². The standard InChI is InChI=1S/C23H20N2O3/c1-16-24-25-23(28-16)22(26)20-11-5-9-18(13-20)19-10-6-12-21(14-19)27-15-17-7-3-2-4-8-17/h2-14,22,26H,15H2,1H3/t22-/m1/s1. The zero-order valence-electron chi connectivity index (χ0n) is 15.4. The molecule has 0 aliphatic heterocycles. The minimum atomic E-state index is -0.960. The lowest BCUT2D eigenvalue weighted by Gasteiger charge is -2.11. The average Bonchev–Trinajstić information content (AvgIpc) is 3.19. The molecular formula is C23H20N2O3. The Morgan fingerprint density at radius 2 is 1.64 bits per heavy atom. The van der Waals surface area contributed by atoms with Gasteiger partial charge in [-0.2, -0.15) is 0 Å². The van der Waals surface area contributed by atoms with E-state index in [1.165, 1.54) is 0 Å². The Morgan fingerprint density at radius 3 is 2.39 bits per heavy atom. The van der Waals surface area contributed by atoms with Gasteiger partial charge in [-0.15, -0.1) is 10.2 Å². The molecule has 0 unspecified atom stereocenters. The van der Waals surface area contributed by atoms with Gasteiger partial charge in [0.2, 0.25) is 11.8 Å². The van der Waals surface area contributed by atoms with E-state index in [2.05, 4.69) is 10.2 Å². The van der Waals surface area contributed by atoms with Crippen LogP contribution in [-0.2, 0) is 6.61 Å². The summed E-state index contributed by atoms with van der Waals surface area (Å²) in [5.74, 6) is 1.41. The Kier molecular flexibility index (Phi) is 5.17. The summed E-state index contributed by atoms with van der Waals surface area (Å²) < 4.78 is 11.3. The van der Waals surface area contributed by atoms with Gasteiger partial charge in [-0.3, -0.25) is 0 Å². The van der Waals surface area contributed by atoms with Gasteiger partial charge in [0.15, 0.2) is 6.10 Å². The summed E-state index contributed by atoms with van der Waals surface area (Å²) in [6.07, 6.45) is -0.960. The number of hydrogen-bond acceptors (Lipinski definition) is 5. The first-order valence-corrected chi connectivity index (χ1v) is 9.04. The fraction of sp³-hybridized carbons (Fsp3) is 0.130. The van der Waals surface area contributed by atoms with Crippen molar-refractivity contribution in [2.45, 2.75) is 19.6 Å². The normalized spacial score (nSPS) is 11.9. The van der Waals surface area contributed by atoms with Crippen molar-refractivity contribution in [3.05, 3.63) is 102 Å². The molecule has 1 atom stereocenters. The van der Waals surface area contributed by atoms with Crippen molar-refractivity contribution in [2.24, 2.45) is 0 Å². The number of hydrogen-bond donors (Lipinski definition) is 1. The van der Waals surface area contributed by atoms with Crippen LogP contribution in [0.15, 0.2) is 83.3 Å². The van der Waals surface area contributed by atoms with E-state index < -0.39 is 6.10 Å². The lowest BCUT2D eigenvalue weighted by molar-refractivity contribution is 0.181. The number of aliphatic hydroxyl groups excluding tert-OH is 1. The summed E-state index contributed by atoms with van der Waals surface area (Å²) >= 11 is 0. The molecule has 0 amide bonds. The highest BCUT2D eigenvalue weighted by Gasteiger charge is 2.17.